The van der Waals surface area contributed by atoms with Crippen LogP contribution < -0.4 is 11.3 Å². The third-order valence-corrected chi connectivity index (χ3v) is 4.63. The molecule has 1 amide bonds. The molecule has 0 spiro atoms. The lowest BCUT2D eigenvalue weighted by Crippen LogP contribution is -2.27. The van der Waals surface area contributed by atoms with Gasteiger partial charge in [0.2, 0.25) is 5.91 Å². The van der Waals surface area contributed by atoms with Crippen LogP contribution in [-0.2, 0) is 4.79 Å². The normalized spacial score (nSPS) is 12.2. The molecule has 3 aromatic rings. The smallest absolute Gasteiger partial charge is 0.267 e. The van der Waals surface area contributed by atoms with Crippen LogP contribution in [0.25, 0.3) is 16.7 Å². The molecule has 0 aliphatic carbocycles. The Bertz CT molecular complexity index is 984. The van der Waals surface area contributed by atoms with Crippen LogP contribution in [0, 0.1) is 6.92 Å². The lowest BCUT2D eigenvalue weighted by atomic mass is 10.2. The molecular weight excluding hydrogens is 324 g/mol. The van der Waals surface area contributed by atoms with E-state index >= 15 is 0 Å². The lowest BCUT2D eigenvalue weighted by Gasteiger charge is -2.14. The van der Waals surface area contributed by atoms with Crippen molar-refractivity contribution < 1.29 is 4.79 Å². The molecule has 2 N–H and O–H groups in total. The van der Waals surface area contributed by atoms with Gasteiger partial charge in [0.15, 0.2) is 5.16 Å². The number of aryl methyl sites for hydroxylation is 1. The number of primary amides is 1. The highest BCUT2D eigenvalue weighted by Crippen LogP contribution is 2.24. The predicted octanol–water partition coefficient (Wildman–Crippen LogP) is 2.06. The first-order valence-electron chi connectivity index (χ1n) is 7.38. The summed E-state index contributed by atoms with van der Waals surface area (Å²) in [5.41, 5.74) is 6.68. The Hall–Kier alpha value is -2.67. The molecule has 0 saturated carbocycles. The number of amides is 1. The number of thioether (sulfide) groups is 1. The first-order valence-corrected chi connectivity index (χ1v) is 8.26. The van der Waals surface area contributed by atoms with Gasteiger partial charge in [-0.25, -0.2) is 14.5 Å². The van der Waals surface area contributed by atoms with E-state index in [1.165, 1.54) is 4.57 Å². The topological polar surface area (TPSA) is 90.9 Å². The molecule has 2 aromatic heterocycles. The largest absolute Gasteiger partial charge is 0.369 e. The van der Waals surface area contributed by atoms with Crippen molar-refractivity contribution in [3.63, 3.8) is 0 Å². The van der Waals surface area contributed by atoms with Gasteiger partial charge in [-0.3, -0.25) is 9.59 Å². The Morgan fingerprint density at radius 1 is 1.29 bits per heavy atom. The van der Waals surface area contributed by atoms with Crippen molar-refractivity contribution in [2.75, 3.05) is 0 Å². The molecule has 0 fully saturated rings. The maximum Gasteiger partial charge on any atom is 0.267 e. The standard InChI is InChI=1S/C17H16N4O2S/c1-10-7-8-19-14(9-10)21-16(23)12-5-3-4-6-13(12)20-17(21)24-11(2)15(18)22/h3-9,11H,1-2H3,(H2,18,22)/t11-/m0/s1. The number of pyridine rings is 1. The second-order valence-electron chi connectivity index (χ2n) is 5.41. The first-order chi connectivity index (χ1) is 11.5. The second-order valence-corrected chi connectivity index (χ2v) is 6.71. The van der Waals surface area contributed by atoms with Gasteiger partial charge in [-0.05, 0) is 43.7 Å². The van der Waals surface area contributed by atoms with Crippen LogP contribution in [0.4, 0.5) is 0 Å². The quantitative estimate of drug-likeness (QED) is 0.580. The number of benzene rings is 1. The number of carbonyl (C=O) groups excluding carboxylic acids is 1. The number of nitrogens with zero attached hydrogens (tertiary/aromatic N) is 3. The van der Waals surface area contributed by atoms with Gasteiger partial charge in [0.05, 0.1) is 16.2 Å². The average Bonchev–Trinajstić information content (AvgIpc) is 2.55. The van der Waals surface area contributed by atoms with Crippen molar-refractivity contribution in [3.8, 4) is 5.82 Å². The number of nitrogens with two attached hydrogens (primary N) is 1. The summed E-state index contributed by atoms with van der Waals surface area (Å²) in [5.74, 6) is 0.00332. The van der Waals surface area contributed by atoms with Gasteiger partial charge in [-0.1, -0.05) is 23.9 Å². The summed E-state index contributed by atoms with van der Waals surface area (Å²) in [6, 6.07) is 10.7. The molecule has 6 nitrogen and oxygen atoms in total. The van der Waals surface area contributed by atoms with Crippen LogP contribution in [0.2, 0.25) is 0 Å². The van der Waals surface area contributed by atoms with Crippen molar-refractivity contribution in [1.82, 2.24) is 14.5 Å². The highest BCUT2D eigenvalue weighted by Gasteiger charge is 2.19. The summed E-state index contributed by atoms with van der Waals surface area (Å²) in [6.45, 7) is 3.60. The minimum absolute atomic E-state index is 0.224. The zero-order chi connectivity index (χ0) is 17.3. The van der Waals surface area contributed by atoms with Gasteiger partial charge >= 0.3 is 0 Å². The van der Waals surface area contributed by atoms with Gasteiger partial charge in [-0.15, -0.1) is 0 Å². The minimum atomic E-state index is -0.519. The van der Waals surface area contributed by atoms with E-state index in [0.717, 1.165) is 17.3 Å². The van der Waals surface area contributed by atoms with E-state index in [1.54, 1.807) is 37.4 Å². The van der Waals surface area contributed by atoms with Gasteiger partial charge in [0.25, 0.3) is 5.56 Å². The van der Waals surface area contributed by atoms with Crippen molar-refractivity contribution in [2.45, 2.75) is 24.3 Å². The fourth-order valence-corrected chi connectivity index (χ4v) is 3.12. The molecule has 7 heteroatoms. The summed E-state index contributed by atoms with van der Waals surface area (Å²) < 4.78 is 1.43. The van der Waals surface area contributed by atoms with E-state index in [4.69, 9.17) is 5.73 Å². The van der Waals surface area contributed by atoms with E-state index in [0.29, 0.717) is 21.9 Å². The van der Waals surface area contributed by atoms with E-state index in [-0.39, 0.29) is 5.56 Å². The number of hydrogen-bond donors (Lipinski definition) is 1. The van der Waals surface area contributed by atoms with Crippen LogP contribution in [0.1, 0.15) is 12.5 Å². The lowest BCUT2D eigenvalue weighted by molar-refractivity contribution is -0.117. The zero-order valence-electron chi connectivity index (χ0n) is 13.3. The highest BCUT2D eigenvalue weighted by atomic mass is 32.2. The molecule has 3 rings (SSSR count). The molecular formula is C17H16N4O2S. The van der Waals surface area contributed by atoms with Crippen molar-refractivity contribution in [2.24, 2.45) is 5.73 Å². The predicted molar refractivity (Wildman–Crippen MR) is 94.4 cm³/mol. The number of hydrogen-bond acceptors (Lipinski definition) is 5. The van der Waals surface area contributed by atoms with Crippen LogP contribution in [0.5, 0.6) is 0 Å². The number of para-hydroxylation sites is 1. The van der Waals surface area contributed by atoms with E-state index in [2.05, 4.69) is 9.97 Å². The second kappa shape index (κ2) is 6.45. The Morgan fingerprint density at radius 3 is 2.75 bits per heavy atom. The Balaban J connectivity index is 2.29. The molecule has 1 aromatic carbocycles. The van der Waals surface area contributed by atoms with E-state index < -0.39 is 11.2 Å². The van der Waals surface area contributed by atoms with Crippen LogP contribution in [0.3, 0.4) is 0 Å². The van der Waals surface area contributed by atoms with Crippen molar-refractivity contribution in [3.05, 3.63) is 58.5 Å². The maximum absolute atomic E-state index is 13.0. The number of rotatable bonds is 4. The van der Waals surface area contributed by atoms with Gasteiger partial charge in [0, 0.05) is 6.20 Å². The fraction of sp³-hybridized carbons (Fsp3) is 0.176. The summed E-state index contributed by atoms with van der Waals surface area (Å²) in [4.78, 5) is 33.2. The molecule has 2 heterocycles. The zero-order valence-corrected chi connectivity index (χ0v) is 14.1. The van der Waals surface area contributed by atoms with Crippen molar-refractivity contribution >= 4 is 28.6 Å². The summed E-state index contributed by atoms with van der Waals surface area (Å²) in [6.07, 6.45) is 1.64. The molecule has 24 heavy (non-hydrogen) atoms. The average molecular weight is 340 g/mol. The molecule has 0 saturated heterocycles. The highest BCUT2D eigenvalue weighted by molar-refractivity contribution is 8.00. The van der Waals surface area contributed by atoms with Crippen LogP contribution >= 0.6 is 11.8 Å². The number of carbonyl (C=O) groups is 1. The third kappa shape index (κ3) is 3.03. The van der Waals surface area contributed by atoms with Gasteiger partial charge < -0.3 is 5.73 Å². The molecule has 1 atom stereocenters. The fourth-order valence-electron chi connectivity index (χ4n) is 2.25. The van der Waals surface area contributed by atoms with Gasteiger partial charge in [0.1, 0.15) is 5.82 Å². The maximum atomic E-state index is 13.0. The molecule has 122 valence electrons. The summed E-state index contributed by atoms with van der Waals surface area (Å²) >= 11 is 1.15. The Morgan fingerprint density at radius 2 is 2.04 bits per heavy atom. The molecule has 0 aliphatic rings. The molecule has 0 aliphatic heterocycles. The minimum Gasteiger partial charge on any atom is -0.369 e. The first kappa shape index (κ1) is 16.2. The van der Waals surface area contributed by atoms with E-state index in [1.807, 2.05) is 19.1 Å². The van der Waals surface area contributed by atoms with E-state index in [9.17, 15) is 9.59 Å². The number of fused-ring (bicyclic) bond motifs is 1. The Kier molecular flexibility index (Phi) is 4.35. The summed E-state index contributed by atoms with van der Waals surface area (Å²) in [5, 5.41) is 0.370. The van der Waals surface area contributed by atoms with Crippen LogP contribution in [-0.4, -0.2) is 25.7 Å². The monoisotopic (exact) mass is 340 g/mol. The SMILES string of the molecule is Cc1ccnc(-n2c(S[C@@H](C)C(N)=O)nc3ccccc3c2=O)c1. The molecule has 0 bridgehead atoms. The van der Waals surface area contributed by atoms with Crippen molar-refractivity contribution in [1.29, 1.82) is 0 Å². The van der Waals surface area contributed by atoms with Gasteiger partial charge in [-0.2, -0.15) is 0 Å². The molecule has 0 radical (unpaired) electrons. The Labute approximate surface area is 142 Å². The van der Waals surface area contributed by atoms with Crippen LogP contribution in [0.15, 0.2) is 52.5 Å². The summed E-state index contributed by atoms with van der Waals surface area (Å²) in [7, 11) is 0. The molecule has 0 unspecified atom stereocenters. The number of aromatic nitrogens is 3. The third-order valence-electron chi connectivity index (χ3n) is 3.56.